The molecule has 1 N–H and O–H groups in total. The maximum atomic E-state index is 13.1. The second-order valence-electron chi connectivity index (χ2n) is 2.56. The van der Waals surface area contributed by atoms with Crippen LogP contribution in [0.2, 0.25) is 0 Å². The quantitative estimate of drug-likeness (QED) is 0.623. The second kappa shape index (κ2) is 4.29. The summed E-state index contributed by atoms with van der Waals surface area (Å²) >= 11 is 0. The van der Waals surface area contributed by atoms with Gasteiger partial charge in [-0.2, -0.15) is 8.42 Å². The maximum absolute atomic E-state index is 13.1. The van der Waals surface area contributed by atoms with Gasteiger partial charge < -0.3 is 4.74 Å². The average Bonchev–Trinajstić information content (AvgIpc) is 2.12. The number of halogens is 1. The van der Waals surface area contributed by atoms with Crippen LogP contribution in [-0.4, -0.2) is 19.6 Å². The van der Waals surface area contributed by atoms with Crippen LogP contribution >= 0.6 is 0 Å². The van der Waals surface area contributed by atoms with Gasteiger partial charge in [0.15, 0.2) is 0 Å². The minimum Gasteiger partial charge on any atom is -0.481 e. The Balaban J connectivity index is 3.05. The Kier molecular flexibility index (Phi) is 3.29. The Bertz CT molecular complexity index is 501. The van der Waals surface area contributed by atoms with E-state index in [1.165, 1.54) is 6.07 Å². The Labute approximate surface area is 86.4 Å². The van der Waals surface area contributed by atoms with E-state index in [-0.39, 0.29) is 12.4 Å². The third-order valence-electron chi connectivity index (χ3n) is 1.50. The predicted octanol–water partition coefficient (Wildman–Crippen LogP) is 1.08. The molecule has 0 atom stereocenters. The molecule has 0 fully saturated rings. The largest absolute Gasteiger partial charge is 0.481 e. The monoisotopic (exact) mass is 230 g/mol. The molecule has 0 heterocycles. The fraction of sp³-hybridized carbons (Fsp3) is 0.111. The van der Waals surface area contributed by atoms with Gasteiger partial charge in [0.1, 0.15) is 23.1 Å². The normalized spacial score (nSPS) is 10.7. The minimum atomic E-state index is -4.54. The van der Waals surface area contributed by atoms with E-state index in [4.69, 9.17) is 15.7 Å². The zero-order valence-corrected chi connectivity index (χ0v) is 8.29. The summed E-state index contributed by atoms with van der Waals surface area (Å²) in [6, 6.07) is 2.93. The highest BCUT2D eigenvalue weighted by Crippen LogP contribution is 2.20. The molecule has 6 heteroatoms. The SMILES string of the molecule is C#CCOc1ccc(S(=O)(=O)O)c(F)c1. The van der Waals surface area contributed by atoms with Crippen LogP contribution in [0, 0.1) is 18.2 Å². The lowest BCUT2D eigenvalue weighted by Gasteiger charge is -2.04. The van der Waals surface area contributed by atoms with Gasteiger partial charge in [-0.15, -0.1) is 6.42 Å². The molecule has 0 saturated heterocycles. The summed E-state index contributed by atoms with van der Waals surface area (Å²) < 4.78 is 47.8. The molecule has 0 radical (unpaired) electrons. The van der Waals surface area contributed by atoms with Crippen LogP contribution < -0.4 is 4.74 Å². The molecule has 0 bridgehead atoms. The number of rotatable bonds is 3. The van der Waals surface area contributed by atoms with Crippen molar-refractivity contribution in [2.24, 2.45) is 0 Å². The number of benzene rings is 1. The molecule has 80 valence electrons. The molecule has 15 heavy (non-hydrogen) atoms. The van der Waals surface area contributed by atoms with Gasteiger partial charge in [0.05, 0.1) is 0 Å². The molecule has 1 aromatic rings. The van der Waals surface area contributed by atoms with Crippen molar-refractivity contribution in [3.8, 4) is 18.1 Å². The van der Waals surface area contributed by atoms with E-state index in [0.29, 0.717) is 0 Å². The van der Waals surface area contributed by atoms with Gasteiger partial charge in [-0.05, 0) is 12.1 Å². The first kappa shape index (κ1) is 11.5. The van der Waals surface area contributed by atoms with Crippen molar-refractivity contribution in [3.05, 3.63) is 24.0 Å². The van der Waals surface area contributed by atoms with Gasteiger partial charge >= 0.3 is 0 Å². The molecule has 0 aliphatic rings. The van der Waals surface area contributed by atoms with Crippen molar-refractivity contribution in [1.82, 2.24) is 0 Å². The van der Waals surface area contributed by atoms with Crippen molar-refractivity contribution in [3.63, 3.8) is 0 Å². The van der Waals surface area contributed by atoms with Crippen LogP contribution in [0.15, 0.2) is 23.1 Å². The Morgan fingerprint density at radius 3 is 2.67 bits per heavy atom. The number of hydrogen-bond donors (Lipinski definition) is 1. The second-order valence-corrected chi connectivity index (χ2v) is 3.95. The summed E-state index contributed by atoms with van der Waals surface area (Å²) in [6.07, 6.45) is 4.91. The fourth-order valence-electron chi connectivity index (χ4n) is 0.906. The van der Waals surface area contributed by atoms with Crippen LogP contribution in [0.1, 0.15) is 0 Å². The van der Waals surface area contributed by atoms with Gasteiger partial charge in [-0.25, -0.2) is 4.39 Å². The highest BCUT2D eigenvalue weighted by molar-refractivity contribution is 7.85. The summed E-state index contributed by atoms with van der Waals surface area (Å²) in [5.74, 6) is 1.17. The van der Waals surface area contributed by atoms with E-state index in [2.05, 4.69) is 5.92 Å². The molecule has 0 spiro atoms. The van der Waals surface area contributed by atoms with Gasteiger partial charge in [0.2, 0.25) is 0 Å². The van der Waals surface area contributed by atoms with Gasteiger partial charge in [0, 0.05) is 6.07 Å². The van der Waals surface area contributed by atoms with Crippen LogP contribution in [-0.2, 0) is 10.1 Å². The number of hydrogen-bond acceptors (Lipinski definition) is 3. The molecule has 0 aliphatic carbocycles. The van der Waals surface area contributed by atoms with E-state index < -0.39 is 20.8 Å². The molecular formula is C9H7FO4S. The van der Waals surface area contributed by atoms with E-state index in [1.807, 2.05) is 0 Å². The van der Waals surface area contributed by atoms with Gasteiger partial charge in [0.25, 0.3) is 10.1 Å². The molecule has 4 nitrogen and oxygen atoms in total. The van der Waals surface area contributed by atoms with Crippen LogP contribution in [0.5, 0.6) is 5.75 Å². The lowest BCUT2D eigenvalue weighted by Crippen LogP contribution is -2.02. The number of ether oxygens (including phenoxy) is 1. The first-order valence-corrected chi connectivity index (χ1v) is 5.22. The summed E-state index contributed by atoms with van der Waals surface area (Å²) in [5.41, 5.74) is 0. The smallest absolute Gasteiger partial charge is 0.297 e. The molecule has 1 rings (SSSR count). The minimum absolute atomic E-state index is 0.0509. The summed E-state index contributed by atoms with van der Waals surface area (Å²) in [6.45, 7) is -0.0509. The molecule has 0 amide bonds. The Hall–Kier alpha value is -1.58. The predicted molar refractivity (Wildman–Crippen MR) is 50.5 cm³/mol. The van der Waals surface area contributed by atoms with Crippen LogP contribution in [0.4, 0.5) is 4.39 Å². The molecule has 0 aromatic heterocycles. The zero-order valence-electron chi connectivity index (χ0n) is 7.47. The fourth-order valence-corrected chi connectivity index (χ4v) is 1.45. The van der Waals surface area contributed by atoms with Crippen molar-refractivity contribution >= 4 is 10.1 Å². The topological polar surface area (TPSA) is 63.6 Å². The molecule has 1 aromatic carbocycles. The maximum Gasteiger partial charge on any atom is 0.297 e. The highest BCUT2D eigenvalue weighted by atomic mass is 32.2. The lowest BCUT2D eigenvalue weighted by molar-refractivity contribution is 0.366. The van der Waals surface area contributed by atoms with E-state index in [0.717, 1.165) is 12.1 Å². The van der Waals surface area contributed by atoms with Crippen molar-refractivity contribution in [2.45, 2.75) is 4.90 Å². The van der Waals surface area contributed by atoms with Crippen LogP contribution in [0.3, 0.4) is 0 Å². The molecular weight excluding hydrogens is 223 g/mol. The summed E-state index contributed by atoms with van der Waals surface area (Å²) in [4.78, 5) is -0.796. The lowest BCUT2D eigenvalue weighted by atomic mass is 10.3. The molecule has 0 aliphatic heterocycles. The third kappa shape index (κ3) is 2.94. The first-order valence-electron chi connectivity index (χ1n) is 3.78. The van der Waals surface area contributed by atoms with Crippen molar-refractivity contribution in [2.75, 3.05) is 6.61 Å². The summed E-state index contributed by atoms with van der Waals surface area (Å²) in [7, 11) is -4.54. The van der Waals surface area contributed by atoms with E-state index in [1.54, 1.807) is 0 Å². The summed E-state index contributed by atoms with van der Waals surface area (Å²) in [5, 5.41) is 0. The molecule has 0 unspecified atom stereocenters. The van der Waals surface area contributed by atoms with Crippen molar-refractivity contribution < 1.29 is 22.1 Å². The van der Waals surface area contributed by atoms with Gasteiger partial charge in [-0.3, -0.25) is 4.55 Å². The Morgan fingerprint density at radius 2 is 2.20 bits per heavy atom. The zero-order chi connectivity index (χ0) is 11.5. The third-order valence-corrected chi connectivity index (χ3v) is 2.39. The van der Waals surface area contributed by atoms with Gasteiger partial charge in [-0.1, -0.05) is 5.92 Å². The Morgan fingerprint density at radius 1 is 1.53 bits per heavy atom. The van der Waals surface area contributed by atoms with Crippen LogP contribution in [0.25, 0.3) is 0 Å². The first-order chi connectivity index (χ1) is 6.95. The highest BCUT2D eigenvalue weighted by Gasteiger charge is 2.16. The van der Waals surface area contributed by atoms with Crippen molar-refractivity contribution in [1.29, 1.82) is 0 Å². The van der Waals surface area contributed by atoms with E-state index in [9.17, 15) is 12.8 Å². The molecule has 0 saturated carbocycles. The average molecular weight is 230 g/mol. The number of terminal acetylenes is 1. The van der Waals surface area contributed by atoms with E-state index >= 15 is 0 Å². The standard InChI is InChI=1S/C9H7FO4S/c1-2-5-14-7-3-4-9(8(10)6-7)15(11,12)13/h1,3-4,6H,5H2,(H,11,12,13).